The predicted molar refractivity (Wildman–Crippen MR) is 92.7 cm³/mol. The number of thioether (sulfide) groups is 1. The van der Waals surface area contributed by atoms with Crippen LogP contribution in [0.15, 0.2) is 34.5 Å². The van der Waals surface area contributed by atoms with Crippen molar-refractivity contribution in [2.45, 2.75) is 19.0 Å². The molecule has 1 aromatic carbocycles. The van der Waals surface area contributed by atoms with E-state index < -0.39 is 22.3 Å². The molecule has 1 heterocycles. The SMILES string of the molecule is Cc1cc(C)nc(SCC(=O)N/N=C\c2cccc([N+](=O)[O-])c2O)n1. The first-order valence-electron chi connectivity index (χ1n) is 7.10. The smallest absolute Gasteiger partial charge is 0.311 e. The van der Waals surface area contributed by atoms with Crippen molar-refractivity contribution in [3.63, 3.8) is 0 Å². The molecule has 2 N–H and O–H groups in total. The number of carbonyl (C=O) groups excluding carboxylic acids is 1. The number of hydrazone groups is 1. The largest absolute Gasteiger partial charge is 0.502 e. The Morgan fingerprint density at radius 1 is 1.40 bits per heavy atom. The minimum absolute atomic E-state index is 0.0567. The minimum Gasteiger partial charge on any atom is -0.502 e. The minimum atomic E-state index is -0.703. The molecule has 0 aliphatic heterocycles. The standard InChI is InChI=1S/C15H15N5O4S/c1-9-6-10(2)18-15(17-9)25-8-13(21)19-16-7-11-4-3-5-12(14(11)22)20(23)24/h3-7,22H,8H2,1-2H3,(H,19,21)/b16-7-. The Morgan fingerprint density at radius 2 is 2.08 bits per heavy atom. The highest BCUT2D eigenvalue weighted by molar-refractivity contribution is 7.99. The van der Waals surface area contributed by atoms with Crippen molar-refractivity contribution in [3.05, 3.63) is 51.3 Å². The summed E-state index contributed by atoms with van der Waals surface area (Å²) >= 11 is 1.17. The van der Waals surface area contributed by atoms with Crippen LogP contribution < -0.4 is 5.43 Å². The molecule has 1 aromatic heterocycles. The molecule has 0 saturated heterocycles. The molecule has 0 atom stereocenters. The van der Waals surface area contributed by atoms with Gasteiger partial charge in [0.15, 0.2) is 5.16 Å². The van der Waals surface area contributed by atoms with Crippen LogP contribution in [0.3, 0.4) is 0 Å². The Labute approximate surface area is 147 Å². The second-order valence-electron chi connectivity index (χ2n) is 4.99. The van der Waals surface area contributed by atoms with E-state index in [2.05, 4.69) is 20.5 Å². The first-order valence-corrected chi connectivity index (χ1v) is 8.08. The molecule has 25 heavy (non-hydrogen) atoms. The zero-order valence-corrected chi connectivity index (χ0v) is 14.3. The molecule has 0 radical (unpaired) electrons. The second-order valence-corrected chi connectivity index (χ2v) is 5.93. The van der Waals surface area contributed by atoms with Crippen molar-refractivity contribution in [2.75, 3.05) is 5.75 Å². The maximum atomic E-state index is 11.8. The van der Waals surface area contributed by atoms with E-state index >= 15 is 0 Å². The van der Waals surface area contributed by atoms with Crippen LogP contribution >= 0.6 is 11.8 Å². The highest BCUT2D eigenvalue weighted by atomic mass is 32.2. The Hall–Kier alpha value is -3.01. The fourth-order valence-electron chi connectivity index (χ4n) is 1.89. The van der Waals surface area contributed by atoms with Gasteiger partial charge in [-0.2, -0.15) is 5.10 Å². The number of phenolic OH excluding ortho intramolecular Hbond substituents is 1. The predicted octanol–water partition coefficient (Wildman–Crippen LogP) is 1.95. The second kappa shape index (κ2) is 8.20. The summed E-state index contributed by atoms with van der Waals surface area (Å²) in [5.41, 5.74) is 3.60. The molecule has 2 rings (SSSR count). The third kappa shape index (κ3) is 5.24. The first kappa shape index (κ1) is 18.3. The van der Waals surface area contributed by atoms with Crippen LogP contribution in [0.4, 0.5) is 5.69 Å². The molecule has 2 aromatic rings. The maximum Gasteiger partial charge on any atom is 0.311 e. The van der Waals surface area contributed by atoms with Crippen molar-refractivity contribution in [1.82, 2.24) is 15.4 Å². The van der Waals surface area contributed by atoms with Gasteiger partial charge in [0, 0.05) is 23.0 Å². The van der Waals surface area contributed by atoms with E-state index in [9.17, 15) is 20.0 Å². The number of aromatic nitrogens is 2. The van der Waals surface area contributed by atoms with Gasteiger partial charge in [-0.15, -0.1) is 0 Å². The lowest BCUT2D eigenvalue weighted by atomic mass is 10.2. The number of hydrogen-bond donors (Lipinski definition) is 2. The molecule has 130 valence electrons. The lowest BCUT2D eigenvalue weighted by Gasteiger charge is -2.02. The molecule has 1 amide bonds. The molecule has 9 nitrogen and oxygen atoms in total. The number of amides is 1. The normalized spacial score (nSPS) is 10.8. The van der Waals surface area contributed by atoms with Crippen molar-refractivity contribution >= 4 is 29.6 Å². The third-order valence-corrected chi connectivity index (χ3v) is 3.78. The molecule has 0 saturated carbocycles. The fraction of sp³-hybridized carbons (Fsp3) is 0.200. The van der Waals surface area contributed by atoms with Crippen LogP contribution in [0.1, 0.15) is 17.0 Å². The van der Waals surface area contributed by atoms with Gasteiger partial charge in [0.1, 0.15) is 0 Å². The summed E-state index contributed by atoms with van der Waals surface area (Å²) in [6, 6.07) is 5.86. The van der Waals surface area contributed by atoms with Crippen LogP contribution in [-0.2, 0) is 4.79 Å². The monoisotopic (exact) mass is 361 g/mol. The average molecular weight is 361 g/mol. The molecule has 0 aliphatic carbocycles. The highest BCUT2D eigenvalue weighted by Crippen LogP contribution is 2.27. The Morgan fingerprint density at radius 3 is 2.72 bits per heavy atom. The zero-order valence-electron chi connectivity index (χ0n) is 13.5. The molecule has 0 bridgehead atoms. The van der Waals surface area contributed by atoms with Gasteiger partial charge in [-0.25, -0.2) is 15.4 Å². The third-order valence-electron chi connectivity index (χ3n) is 2.93. The van der Waals surface area contributed by atoms with Crippen LogP contribution in [0, 0.1) is 24.0 Å². The quantitative estimate of drug-likeness (QED) is 0.264. The number of carbonyl (C=O) groups is 1. The number of aryl methyl sites for hydroxylation is 2. The van der Waals surface area contributed by atoms with Crippen LogP contribution in [0.2, 0.25) is 0 Å². The maximum absolute atomic E-state index is 11.8. The summed E-state index contributed by atoms with van der Waals surface area (Å²) in [4.78, 5) is 30.2. The number of hydrogen-bond acceptors (Lipinski definition) is 8. The number of phenols is 1. The van der Waals surface area contributed by atoms with Gasteiger partial charge in [-0.1, -0.05) is 17.8 Å². The molecule has 0 aliphatic rings. The summed E-state index contributed by atoms with van der Waals surface area (Å²) in [6.45, 7) is 3.68. The number of nitro groups is 1. The van der Waals surface area contributed by atoms with Gasteiger partial charge in [-0.3, -0.25) is 14.9 Å². The summed E-state index contributed by atoms with van der Waals surface area (Å²) in [6.07, 6.45) is 1.14. The topological polar surface area (TPSA) is 131 Å². The summed E-state index contributed by atoms with van der Waals surface area (Å²) < 4.78 is 0. The number of nitrogens with one attached hydrogen (secondary N) is 1. The Kier molecular flexibility index (Phi) is 6.01. The lowest BCUT2D eigenvalue weighted by molar-refractivity contribution is -0.385. The van der Waals surface area contributed by atoms with Crippen molar-refractivity contribution < 1.29 is 14.8 Å². The van der Waals surface area contributed by atoms with E-state index in [4.69, 9.17) is 0 Å². The van der Waals surface area contributed by atoms with Crippen molar-refractivity contribution in [3.8, 4) is 5.75 Å². The molecule has 10 heteroatoms. The average Bonchev–Trinajstić information content (AvgIpc) is 2.53. The van der Waals surface area contributed by atoms with Gasteiger partial charge in [0.05, 0.1) is 16.9 Å². The highest BCUT2D eigenvalue weighted by Gasteiger charge is 2.15. The molecule has 0 spiro atoms. The van der Waals surface area contributed by atoms with E-state index in [-0.39, 0.29) is 11.3 Å². The van der Waals surface area contributed by atoms with E-state index in [1.54, 1.807) is 0 Å². The summed E-state index contributed by atoms with van der Waals surface area (Å²) in [5, 5.41) is 24.7. The van der Waals surface area contributed by atoms with Gasteiger partial charge < -0.3 is 5.11 Å². The van der Waals surface area contributed by atoms with Gasteiger partial charge in [0.2, 0.25) is 5.75 Å². The van der Waals surface area contributed by atoms with E-state index in [1.807, 2.05) is 19.9 Å². The van der Waals surface area contributed by atoms with Crippen LogP contribution in [0.5, 0.6) is 5.75 Å². The first-order chi connectivity index (χ1) is 11.9. The number of para-hydroxylation sites is 1. The van der Waals surface area contributed by atoms with Crippen LogP contribution in [0.25, 0.3) is 0 Å². The van der Waals surface area contributed by atoms with Gasteiger partial charge >= 0.3 is 5.69 Å². The molecular formula is C15H15N5O4S. The lowest BCUT2D eigenvalue weighted by Crippen LogP contribution is -2.19. The molecule has 0 unspecified atom stereocenters. The van der Waals surface area contributed by atoms with Gasteiger partial charge in [-0.05, 0) is 26.0 Å². The van der Waals surface area contributed by atoms with E-state index in [0.717, 1.165) is 17.6 Å². The number of benzene rings is 1. The van der Waals surface area contributed by atoms with Gasteiger partial charge in [0.25, 0.3) is 5.91 Å². The fourth-order valence-corrected chi connectivity index (χ4v) is 2.64. The van der Waals surface area contributed by atoms with Crippen molar-refractivity contribution in [1.29, 1.82) is 0 Å². The summed E-state index contributed by atoms with van der Waals surface area (Å²) in [7, 11) is 0. The summed E-state index contributed by atoms with van der Waals surface area (Å²) in [5.74, 6) is -0.848. The van der Waals surface area contributed by atoms with Crippen molar-refractivity contribution in [2.24, 2.45) is 5.10 Å². The van der Waals surface area contributed by atoms with E-state index in [1.165, 1.54) is 30.0 Å². The Balaban J connectivity index is 1.92. The number of nitrogens with zero attached hydrogens (tertiary/aromatic N) is 4. The number of nitro benzene ring substituents is 1. The molecule has 0 fully saturated rings. The zero-order chi connectivity index (χ0) is 18.4. The number of rotatable bonds is 6. The van der Waals surface area contributed by atoms with E-state index in [0.29, 0.717) is 5.16 Å². The number of aromatic hydroxyl groups is 1. The Bertz CT molecular complexity index is 820. The van der Waals surface area contributed by atoms with Crippen LogP contribution in [-0.4, -0.2) is 37.9 Å². The molecular weight excluding hydrogens is 346 g/mol.